The molecule has 0 aliphatic carbocycles. The lowest BCUT2D eigenvalue weighted by Crippen LogP contribution is -2.50. The summed E-state index contributed by atoms with van der Waals surface area (Å²) in [6.45, 7) is 3.80. The average Bonchev–Trinajstić information content (AvgIpc) is 2.74. The zero-order valence-corrected chi connectivity index (χ0v) is 17.1. The molecule has 1 saturated heterocycles. The lowest BCUT2D eigenvalue weighted by Gasteiger charge is -2.34. The van der Waals surface area contributed by atoms with Crippen LogP contribution in [0.5, 0.6) is 0 Å². The van der Waals surface area contributed by atoms with E-state index < -0.39 is 9.84 Å². The quantitative estimate of drug-likeness (QED) is 0.748. The van der Waals surface area contributed by atoms with Crippen LogP contribution in [0.3, 0.4) is 0 Å². The second-order valence-electron chi connectivity index (χ2n) is 6.75. The van der Waals surface area contributed by atoms with Crippen LogP contribution in [0.4, 0.5) is 4.79 Å². The Hall–Kier alpha value is -2.87. The highest BCUT2D eigenvalue weighted by atomic mass is 32.2. The van der Waals surface area contributed by atoms with Gasteiger partial charge in [-0.3, -0.25) is 4.79 Å². The Morgan fingerprint density at radius 2 is 1.48 bits per heavy atom. The minimum absolute atomic E-state index is 0.121. The first-order chi connectivity index (χ1) is 13.9. The molecule has 0 N–H and O–H groups in total. The van der Waals surface area contributed by atoms with Crippen molar-refractivity contribution in [2.45, 2.75) is 17.6 Å². The molecule has 0 aromatic heterocycles. The molecule has 29 heavy (non-hydrogen) atoms. The van der Waals surface area contributed by atoms with Crippen LogP contribution in [0, 0.1) is 0 Å². The van der Waals surface area contributed by atoms with Gasteiger partial charge in [0.25, 0.3) is 5.91 Å². The van der Waals surface area contributed by atoms with Crippen molar-refractivity contribution in [3.05, 3.63) is 65.7 Å². The summed E-state index contributed by atoms with van der Waals surface area (Å²) >= 11 is 0. The highest BCUT2D eigenvalue weighted by molar-refractivity contribution is 7.90. The molecule has 0 bridgehead atoms. The maximum Gasteiger partial charge on any atom is 0.409 e. The molecule has 1 fully saturated rings. The predicted molar refractivity (Wildman–Crippen MR) is 108 cm³/mol. The van der Waals surface area contributed by atoms with Gasteiger partial charge in [-0.25, -0.2) is 13.2 Å². The van der Waals surface area contributed by atoms with Crippen LogP contribution >= 0.6 is 0 Å². The van der Waals surface area contributed by atoms with Crippen LogP contribution in [0.1, 0.15) is 22.8 Å². The monoisotopic (exact) mass is 416 g/mol. The molecule has 0 unspecified atom stereocenters. The van der Waals surface area contributed by atoms with Crippen molar-refractivity contribution in [2.24, 2.45) is 0 Å². The third-order valence-electron chi connectivity index (χ3n) is 4.75. The zero-order valence-electron chi connectivity index (χ0n) is 16.3. The number of sulfone groups is 1. The molecule has 0 spiro atoms. The van der Waals surface area contributed by atoms with Crippen LogP contribution in [0.25, 0.3) is 0 Å². The predicted octanol–water partition coefficient (Wildman–Crippen LogP) is 2.57. The Bertz CT molecular complexity index is 950. The minimum atomic E-state index is -3.43. The molecule has 3 rings (SSSR count). The van der Waals surface area contributed by atoms with Gasteiger partial charge in [0.15, 0.2) is 9.84 Å². The van der Waals surface area contributed by atoms with Crippen LogP contribution in [-0.2, 0) is 20.3 Å². The fraction of sp³-hybridized carbons (Fsp3) is 0.333. The van der Waals surface area contributed by atoms with Crippen molar-refractivity contribution in [1.29, 1.82) is 0 Å². The molecule has 154 valence electrons. The summed E-state index contributed by atoms with van der Waals surface area (Å²) in [5.41, 5.74) is 1.12. The standard InChI is InChI=1S/C21H24N2O5S/c1-2-28-21(25)23-14-12-22(13-15-23)20(24)18-10-8-17(9-11-18)16-29(26,27)19-6-4-3-5-7-19/h3-11H,2,12-16H2,1H3. The van der Waals surface area contributed by atoms with Gasteiger partial charge in [0.05, 0.1) is 17.3 Å². The minimum Gasteiger partial charge on any atom is -0.450 e. The fourth-order valence-electron chi connectivity index (χ4n) is 3.16. The first-order valence-electron chi connectivity index (χ1n) is 9.48. The van der Waals surface area contributed by atoms with Gasteiger partial charge < -0.3 is 14.5 Å². The van der Waals surface area contributed by atoms with Gasteiger partial charge in [-0.15, -0.1) is 0 Å². The fourth-order valence-corrected chi connectivity index (χ4v) is 4.53. The van der Waals surface area contributed by atoms with E-state index in [4.69, 9.17) is 4.74 Å². The van der Waals surface area contributed by atoms with Gasteiger partial charge in [-0.05, 0) is 36.8 Å². The van der Waals surface area contributed by atoms with Crippen molar-refractivity contribution in [3.63, 3.8) is 0 Å². The van der Waals surface area contributed by atoms with Crippen molar-refractivity contribution < 1.29 is 22.7 Å². The Morgan fingerprint density at radius 3 is 2.07 bits per heavy atom. The summed E-state index contributed by atoms with van der Waals surface area (Å²) < 4.78 is 29.9. The molecule has 2 aromatic carbocycles. The molecular formula is C21H24N2O5S. The molecule has 1 aliphatic heterocycles. The maximum atomic E-state index is 12.7. The van der Waals surface area contributed by atoms with Crippen molar-refractivity contribution in [2.75, 3.05) is 32.8 Å². The summed E-state index contributed by atoms with van der Waals surface area (Å²) in [6, 6.07) is 14.9. The zero-order chi connectivity index (χ0) is 20.9. The third-order valence-corrected chi connectivity index (χ3v) is 6.46. The topological polar surface area (TPSA) is 84.0 Å². The van der Waals surface area contributed by atoms with Crippen LogP contribution < -0.4 is 0 Å². The second-order valence-corrected chi connectivity index (χ2v) is 8.74. The van der Waals surface area contributed by atoms with Crippen LogP contribution in [0.15, 0.2) is 59.5 Å². The van der Waals surface area contributed by atoms with Crippen molar-refractivity contribution in [1.82, 2.24) is 9.80 Å². The van der Waals surface area contributed by atoms with E-state index in [1.165, 1.54) is 0 Å². The van der Waals surface area contributed by atoms with E-state index in [1.54, 1.807) is 71.3 Å². The molecule has 1 heterocycles. The summed E-state index contributed by atoms with van der Waals surface area (Å²) in [6.07, 6.45) is -0.358. The van der Waals surface area contributed by atoms with E-state index in [0.717, 1.165) is 0 Å². The van der Waals surface area contributed by atoms with Gasteiger partial charge in [-0.1, -0.05) is 30.3 Å². The van der Waals surface area contributed by atoms with Crippen LogP contribution in [0.2, 0.25) is 0 Å². The summed E-state index contributed by atoms with van der Waals surface area (Å²) in [5.74, 6) is -0.255. The molecule has 0 saturated carbocycles. The normalized spacial score (nSPS) is 14.5. The summed E-state index contributed by atoms with van der Waals surface area (Å²) in [4.78, 5) is 28.0. The Morgan fingerprint density at radius 1 is 0.897 bits per heavy atom. The molecule has 2 aromatic rings. The average molecular weight is 416 g/mol. The number of ether oxygens (including phenoxy) is 1. The van der Waals surface area contributed by atoms with E-state index in [1.807, 2.05) is 0 Å². The first kappa shape index (κ1) is 20.9. The number of carbonyl (C=O) groups excluding carboxylic acids is 2. The van der Waals surface area contributed by atoms with Crippen LogP contribution in [-0.4, -0.2) is 63.0 Å². The van der Waals surface area contributed by atoms with E-state index in [-0.39, 0.29) is 22.6 Å². The highest BCUT2D eigenvalue weighted by Gasteiger charge is 2.25. The van der Waals surface area contributed by atoms with E-state index >= 15 is 0 Å². The molecule has 0 radical (unpaired) electrons. The number of carbonyl (C=O) groups is 2. The maximum absolute atomic E-state index is 12.7. The molecule has 7 nitrogen and oxygen atoms in total. The van der Waals surface area contributed by atoms with Gasteiger partial charge >= 0.3 is 6.09 Å². The smallest absolute Gasteiger partial charge is 0.409 e. The summed E-state index contributed by atoms with van der Waals surface area (Å²) in [5, 5.41) is 0. The van der Waals surface area contributed by atoms with Gasteiger partial charge in [0, 0.05) is 31.7 Å². The van der Waals surface area contributed by atoms with Gasteiger partial charge in [0.2, 0.25) is 0 Å². The van der Waals surface area contributed by atoms with E-state index in [2.05, 4.69) is 0 Å². The Labute approximate surface area is 170 Å². The molecule has 0 atom stereocenters. The number of piperazine rings is 1. The number of hydrogen-bond donors (Lipinski definition) is 0. The Balaban J connectivity index is 1.60. The summed E-state index contributed by atoms with van der Waals surface area (Å²) in [7, 11) is -3.43. The third kappa shape index (κ3) is 5.14. The van der Waals surface area contributed by atoms with Crippen molar-refractivity contribution in [3.8, 4) is 0 Å². The largest absolute Gasteiger partial charge is 0.450 e. The molecular weight excluding hydrogens is 392 g/mol. The first-order valence-corrected chi connectivity index (χ1v) is 11.1. The number of benzene rings is 2. The van der Waals surface area contributed by atoms with E-state index in [9.17, 15) is 18.0 Å². The number of hydrogen-bond acceptors (Lipinski definition) is 5. The number of amides is 2. The molecule has 1 aliphatic rings. The number of rotatable bonds is 5. The molecule has 8 heteroatoms. The SMILES string of the molecule is CCOC(=O)N1CCN(C(=O)c2ccc(CS(=O)(=O)c3ccccc3)cc2)CC1. The Kier molecular flexibility index (Phi) is 6.53. The van der Waals surface area contributed by atoms with Gasteiger partial charge in [-0.2, -0.15) is 0 Å². The lowest BCUT2D eigenvalue weighted by molar-refractivity contribution is 0.0570. The molecule has 2 amide bonds. The van der Waals surface area contributed by atoms with E-state index in [0.29, 0.717) is 43.9 Å². The number of nitrogens with zero attached hydrogens (tertiary/aromatic N) is 2. The van der Waals surface area contributed by atoms with Crippen molar-refractivity contribution >= 4 is 21.8 Å². The highest BCUT2D eigenvalue weighted by Crippen LogP contribution is 2.17. The second kappa shape index (κ2) is 9.09. The van der Waals surface area contributed by atoms with Gasteiger partial charge in [0.1, 0.15) is 0 Å². The lowest BCUT2D eigenvalue weighted by atomic mass is 10.1.